The maximum Gasteiger partial charge on any atom is 0.275 e. The van der Waals surface area contributed by atoms with Crippen molar-refractivity contribution in [3.8, 4) is 0 Å². The minimum Gasteiger partial charge on any atom is -0.370 e. The topological polar surface area (TPSA) is 59.4 Å². The zero-order valence-electron chi connectivity index (χ0n) is 19.4. The summed E-state index contributed by atoms with van der Waals surface area (Å²) in [6, 6.07) is 19.3. The van der Waals surface area contributed by atoms with E-state index < -0.39 is 0 Å². The first-order valence-electron chi connectivity index (χ1n) is 12.3. The standard InChI is InChI=1S/C27H37N3O2/c1-22-10-12-24(13-11-22)26(23-8-4-2-5-9-23)28-20-25(31)29-21-27(14-6-3-7-15-27)30-16-18-32-19-17-30/h2,4-5,8-13,26,28H,3,6-7,14-21H2,1H3,(H,29,31)/p+2/t26-/m1/s1. The Bertz CT molecular complexity index is 841. The van der Waals surface area contributed by atoms with Gasteiger partial charge >= 0.3 is 0 Å². The first-order chi connectivity index (χ1) is 15.7. The molecule has 1 saturated heterocycles. The third kappa shape index (κ3) is 5.77. The number of nitrogens with one attached hydrogen (secondary N) is 2. The van der Waals surface area contributed by atoms with Gasteiger partial charge in [-0.3, -0.25) is 4.79 Å². The Morgan fingerprint density at radius 3 is 2.34 bits per heavy atom. The molecule has 2 aromatic carbocycles. The van der Waals surface area contributed by atoms with Crippen molar-refractivity contribution < 1.29 is 19.7 Å². The highest BCUT2D eigenvalue weighted by Crippen LogP contribution is 2.25. The van der Waals surface area contributed by atoms with Gasteiger partial charge in [0, 0.05) is 24.0 Å². The number of hydrogen-bond acceptors (Lipinski definition) is 2. The van der Waals surface area contributed by atoms with Gasteiger partial charge in [0.15, 0.2) is 6.54 Å². The number of benzene rings is 2. The minimum atomic E-state index is 0.121. The molecule has 1 atom stereocenters. The van der Waals surface area contributed by atoms with Crippen LogP contribution in [0.3, 0.4) is 0 Å². The molecule has 4 N–H and O–H groups in total. The van der Waals surface area contributed by atoms with Crippen LogP contribution in [0, 0.1) is 6.92 Å². The number of hydrogen-bond donors (Lipinski definition) is 3. The highest BCUT2D eigenvalue weighted by atomic mass is 16.5. The molecule has 0 radical (unpaired) electrons. The zero-order valence-corrected chi connectivity index (χ0v) is 19.4. The van der Waals surface area contributed by atoms with E-state index in [-0.39, 0.29) is 17.5 Å². The smallest absolute Gasteiger partial charge is 0.275 e. The Morgan fingerprint density at radius 1 is 1.00 bits per heavy atom. The maximum absolute atomic E-state index is 13.0. The van der Waals surface area contributed by atoms with Gasteiger partial charge in [0.05, 0.1) is 19.8 Å². The third-order valence-electron chi connectivity index (χ3n) is 7.42. The molecule has 4 rings (SSSR count). The molecule has 1 amide bonds. The first-order valence-corrected chi connectivity index (χ1v) is 12.3. The largest absolute Gasteiger partial charge is 0.370 e. The summed E-state index contributed by atoms with van der Waals surface area (Å²) in [4.78, 5) is 14.6. The first kappa shape index (κ1) is 23.0. The molecule has 32 heavy (non-hydrogen) atoms. The van der Waals surface area contributed by atoms with Crippen LogP contribution in [0.4, 0.5) is 0 Å². The lowest BCUT2D eigenvalue weighted by atomic mass is 9.79. The van der Waals surface area contributed by atoms with Crippen molar-refractivity contribution in [2.75, 3.05) is 39.4 Å². The second-order valence-electron chi connectivity index (χ2n) is 9.57. The van der Waals surface area contributed by atoms with Gasteiger partial charge in [-0.1, -0.05) is 66.6 Å². The average Bonchev–Trinajstić information content (AvgIpc) is 2.86. The van der Waals surface area contributed by atoms with Gasteiger partial charge in [-0.15, -0.1) is 0 Å². The summed E-state index contributed by atoms with van der Waals surface area (Å²) >= 11 is 0. The normalized spacial score (nSPS) is 19.9. The fourth-order valence-electron chi connectivity index (χ4n) is 5.50. The second kappa shape index (κ2) is 11.1. The van der Waals surface area contributed by atoms with Gasteiger partial charge in [-0.2, -0.15) is 0 Å². The van der Waals surface area contributed by atoms with E-state index in [4.69, 9.17) is 4.74 Å². The number of rotatable bonds is 8. The fourth-order valence-corrected chi connectivity index (χ4v) is 5.50. The van der Waals surface area contributed by atoms with Crippen molar-refractivity contribution >= 4 is 5.91 Å². The van der Waals surface area contributed by atoms with E-state index in [0.29, 0.717) is 6.54 Å². The van der Waals surface area contributed by atoms with Crippen LogP contribution >= 0.6 is 0 Å². The molecule has 172 valence electrons. The molecule has 0 bridgehead atoms. The fraction of sp³-hybridized carbons (Fsp3) is 0.519. The molecular weight excluding hydrogens is 398 g/mol. The van der Waals surface area contributed by atoms with Gasteiger partial charge in [-0.05, 0) is 19.8 Å². The molecule has 1 aliphatic carbocycles. The lowest BCUT2D eigenvalue weighted by Crippen LogP contribution is -3.23. The molecule has 0 unspecified atom stereocenters. The predicted molar refractivity (Wildman–Crippen MR) is 127 cm³/mol. The molecular formula is C27H39N3O2+2. The van der Waals surface area contributed by atoms with E-state index in [9.17, 15) is 4.79 Å². The van der Waals surface area contributed by atoms with E-state index in [0.717, 1.165) is 32.8 Å². The third-order valence-corrected chi connectivity index (χ3v) is 7.42. The molecule has 1 heterocycles. The Balaban J connectivity index is 1.39. The minimum absolute atomic E-state index is 0.121. The van der Waals surface area contributed by atoms with Crippen LogP contribution in [-0.4, -0.2) is 50.8 Å². The van der Waals surface area contributed by atoms with Gasteiger partial charge in [0.2, 0.25) is 0 Å². The number of nitrogens with two attached hydrogens (primary N) is 1. The van der Waals surface area contributed by atoms with Gasteiger partial charge in [0.1, 0.15) is 24.7 Å². The Hall–Kier alpha value is -2.21. The van der Waals surface area contributed by atoms with Crippen molar-refractivity contribution in [3.05, 3.63) is 71.3 Å². The number of amides is 1. The quantitative estimate of drug-likeness (QED) is 0.584. The summed E-state index contributed by atoms with van der Waals surface area (Å²) in [5.41, 5.74) is 3.90. The Labute approximate surface area is 192 Å². The number of ether oxygens (including phenoxy) is 1. The van der Waals surface area contributed by atoms with Crippen molar-refractivity contribution in [1.82, 2.24) is 5.32 Å². The number of morpholine rings is 1. The molecule has 2 aromatic rings. The molecule has 5 nitrogen and oxygen atoms in total. The van der Waals surface area contributed by atoms with Crippen LogP contribution in [0.15, 0.2) is 54.6 Å². The Morgan fingerprint density at radius 2 is 1.66 bits per heavy atom. The summed E-state index contributed by atoms with van der Waals surface area (Å²) in [6.07, 6.45) is 6.29. The molecule has 1 saturated carbocycles. The monoisotopic (exact) mass is 437 g/mol. The molecule has 5 heteroatoms. The second-order valence-corrected chi connectivity index (χ2v) is 9.57. The van der Waals surface area contributed by atoms with Crippen molar-refractivity contribution in [2.45, 2.75) is 50.6 Å². The Kier molecular flexibility index (Phi) is 7.95. The molecule has 0 spiro atoms. The summed E-state index contributed by atoms with van der Waals surface area (Å²) in [5, 5.41) is 5.50. The molecule has 1 aliphatic heterocycles. The van der Waals surface area contributed by atoms with E-state index >= 15 is 0 Å². The van der Waals surface area contributed by atoms with Crippen LogP contribution in [-0.2, 0) is 9.53 Å². The van der Waals surface area contributed by atoms with Crippen molar-refractivity contribution in [2.24, 2.45) is 0 Å². The van der Waals surface area contributed by atoms with Crippen LogP contribution in [0.2, 0.25) is 0 Å². The zero-order chi connectivity index (χ0) is 22.2. The highest BCUT2D eigenvalue weighted by Gasteiger charge is 2.42. The maximum atomic E-state index is 13.0. The van der Waals surface area contributed by atoms with Gasteiger partial charge in [-0.25, -0.2) is 0 Å². The summed E-state index contributed by atoms with van der Waals surface area (Å²) < 4.78 is 5.60. The number of carbonyl (C=O) groups excluding carboxylic acids is 1. The summed E-state index contributed by atoms with van der Waals surface area (Å²) in [5.74, 6) is 0.135. The molecule has 0 aromatic heterocycles. The summed E-state index contributed by atoms with van der Waals surface area (Å²) in [6.45, 7) is 7.13. The lowest BCUT2D eigenvalue weighted by molar-refractivity contribution is -0.960. The SMILES string of the molecule is Cc1ccc([C@H]([NH2+]CC(=O)NCC2([NH+]3CCOCC3)CCCCC2)c2ccccc2)cc1. The van der Waals surface area contributed by atoms with Crippen molar-refractivity contribution in [1.29, 1.82) is 0 Å². The molecule has 2 aliphatic rings. The van der Waals surface area contributed by atoms with E-state index in [1.165, 1.54) is 48.8 Å². The van der Waals surface area contributed by atoms with Crippen LogP contribution in [0.25, 0.3) is 0 Å². The van der Waals surface area contributed by atoms with E-state index in [2.05, 4.69) is 66.1 Å². The highest BCUT2D eigenvalue weighted by molar-refractivity contribution is 5.76. The van der Waals surface area contributed by atoms with E-state index in [1.54, 1.807) is 4.90 Å². The van der Waals surface area contributed by atoms with Gasteiger partial charge in [0.25, 0.3) is 5.91 Å². The van der Waals surface area contributed by atoms with Crippen LogP contribution < -0.4 is 15.5 Å². The van der Waals surface area contributed by atoms with E-state index in [1.807, 2.05) is 6.07 Å². The van der Waals surface area contributed by atoms with Crippen molar-refractivity contribution in [3.63, 3.8) is 0 Å². The number of quaternary nitrogens is 2. The van der Waals surface area contributed by atoms with Gasteiger partial charge < -0.3 is 20.3 Å². The summed E-state index contributed by atoms with van der Waals surface area (Å²) in [7, 11) is 0. The lowest BCUT2D eigenvalue weighted by Gasteiger charge is -2.44. The molecule has 2 fully saturated rings. The van der Waals surface area contributed by atoms with Crippen LogP contribution in [0.1, 0.15) is 54.8 Å². The average molecular weight is 438 g/mol. The number of carbonyl (C=O) groups is 1. The van der Waals surface area contributed by atoms with Crippen LogP contribution in [0.5, 0.6) is 0 Å². The number of aryl methyl sites for hydroxylation is 1. The predicted octanol–water partition coefficient (Wildman–Crippen LogP) is 1.38.